The zero-order chi connectivity index (χ0) is 22.1. The van der Waals surface area contributed by atoms with Crippen molar-refractivity contribution in [1.82, 2.24) is 15.1 Å². The maximum Gasteiger partial charge on any atom is 0.159 e. The number of hydrogen-bond donors (Lipinski definition) is 0. The second kappa shape index (κ2) is 8.63. The fourth-order valence-corrected chi connectivity index (χ4v) is 4.55. The number of benzene rings is 3. The number of hydrogen-bond acceptors (Lipinski definition) is 4. The second-order valence-electron chi connectivity index (χ2n) is 8.18. The van der Waals surface area contributed by atoms with Crippen LogP contribution in [0.4, 0.5) is 14.6 Å². The van der Waals surface area contributed by atoms with Crippen molar-refractivity contribution in [3.8, 4) is 0 Å². The van der Waals surface area contributed by atoms with Crippen molar-refractivity contribution in [1.29, 1.82) is 0 Å². The molecule has 1 aromatic heterocycles. The van der Waals surface area contributed by atoms with Crippen LogP contribution in [-0.2, 0) is 0 Å². The number of piperazine rings is 1. The van der Waals surface area contributed by atoms with E-state index in [2.05, 4.69) is 32.1 Å². The highest BCUT2D eigenvalue weighted by Gasteiger charge is 2.28. The molecule has 0 N–H and O–H groups in total. The minimum absolute atomic E-state index is 0.0702. The van der Waals surface area contributed by atoms with Crippen molar-refractivity contribution in [2.45, 2.75) is 13.0 Å². The summed E-state index contributed by atoms with van der Waals surface area (Å²) in [5.74, 6) is 0.383. The highest BCUT2D eigenvalue weighted by molar-refractivity contribution is 5.93. The molecule has 4 aromatic rings. The Morgan fingerprint density at radius 3 is 1.78 bits per heavy atom. The summed E-state index contributed by atoms with van der Waals surface area (Å²) in [6, 6.07) is 21.3. The van der Waals surface area contributed by atoms with Gasteiger partial charge in [-0.1, -0.05) is 48.5 Å². The molecule has 2 heterocycles. The third-order valence-corrected chi connectivity index (χ3v) is 6.20. The molecule has 0 saturated carbocycles. The summed E-state index contributed by atoms with van der Waals surface area (Å²) in [4.78, 5) is 4.64. The van der Waals surface area contributed by atoms with Gasteiger partial charge in [-0.2, -0.15) is 5.10 Å². The monoisotopic (exact) mass is 430 g/mol. The average Bonchev–Trinajstić information content (AvgIpc) is 2.83. The van der Waals surface area contributed by atoms with E-state index in [4.69, 9.17) is 0 Å². The summed E-state index contributed by atoms with van der Waals surface area (Å²) in [5.41, 5.74) is 2.91. The highest BCUT2D eigenvalue weighted by atomic mass is 19.1. The SMILES string of the molecule is Cc1nnc(N2CCN(C(c3ccc(F)cc3)c3ccc(F)cc3)CC2)c2ccccc12. The van der Waals surface area contributed by atoms with Crippen LogP contribution < -0.4 is 4.90 Å². The number of nitrogens with zero attached hydrogens (tertiary/aromatic N) is 4. The number of rotatable bonds is 4. The molecule has 0 unspecified atom stereocenters. The Hall–Kier alpha value is -3.38. The molecule has 5 rings (SSSR count). The quantitative estimate of drug-likeness (QED) is 0.449. The molecule has 3 aromatic carbocycles. The summed E-state index contributed by atoms with van der Waals surface area (Å²) >= 11 is 0. The van der Waals surface area contributed by atoms with E-state index in [0.717, 1.165) is 59.6 Å². The number of aryl methyl sites for hydroxylation is 1. The van der Waals surface area contributed by atoms with Gasteiger partial charge in [0.1, 0.15) is 11.6 Å². The van der Waals surface area contributed by atoms with E-state index in [9.17, 15) is 8.78 Å². The summed E-state index contributed by atoms with van der Waals surface area (Å²) in [6.45, 7) is 5.15. The van der Waals surface area contributed by atoms with Gasteiger partial charge in [-0.25, -0.2) is 8.78 Å². The van der Waals surface area contributed by atoms with Gasteiger partial charge >= 0.3 is 0 Å². The van der Waals surface area contributed by atoms with Crippen molar-refractivity contribution < 1.29 is 8.78 Å². The van der Waals surface area contributed by atoms with E-state index in [1.165, 1.54) is 24.3 Å². The first kappa shape index (κ1) is 20.5. The molecular formula is C26H24F2N4. The van der Waals surface area contributed by atoms with Crippen LogP contribution in [0.1, 0.15) is 22.9 Å². The van der Waals surface area contributed by atoms with Gasteiger partial charge < -0.3 is 4.90 Å². The Bertz CT molecular complexity index is 1170. The predicted molar refractivity (Wildman–Crippen MR) is 123 cm³/mol. The number of fused-ring (bicyclic) bond motifs is 1. The van der Waals surface area contributed by atoms with Crippen LogP contribution in [0.3, 0.4) is 0 Å². The topological polar surface area (TPSA) is 32.3 Å². The molecule has 6 heteroatoms. The van der Waals surface area contributed by atoms with Crippen molar-refractivity contribution in [3.05, 3.63) is 101 Å². The first-order valence-corrected chi connectivity index (χ1v) is 10.8. The summed E-state index contributed by atoms with van der Waals surface area (Å²) in [6.07, 6.45) is 0. The third-order valence-electron chi connectivity index (χ3n) is 6.20. The summed E-state index contributed by atoms with van der Waals surface area (Å²) in [7, 11) is 0. The van der Waals surface area contributed by atoms with Gasteiger partial charge in [0.05, 0.1) is 11.7 Å². The summed E-state index contributed by atoms with van der Waals surface area (Å²) < 4.78 is 27.1. The number of halogens is 2. The van der Waals surface area contributed by atoms with Crippen LogP contribution in [0.25, 0.3) is 10.8 Å². The smallest absolute Gasteiger partial charge is 0.159 e. The van der Waals surface area contributed by atoms with Crippen LogP contribution in [0.2, 0.25) is 0 Å². The van der Waals surface area contributed by atoms with E-state index in [0.29, 0.717) is 0 Å². The Morgan fingerprint density at radius 2 is 1.22 bits per heavy atom. The van der Waals surface area contributed by atoms with E-state index in [1.807, 2.05) is 43.3 Å². The fraction of sp³-hybridized carbons (Fsp3) is 0.231. The van der Waals surface area contributed by atoms with Gasteiger partial charge in [-0.05, 0) is 42.3 Å². The summed E-state index contributed by atoms with van der Waals surface area (Å²) in [5, 5.41) is 11.1. The predicted octanol–water partition coefficient (Wildman–Crippen LogP) is 5.13. The van der Waals surface area contributed by atoms with Crippen LogP contribution >= 0.6 is 0 Å². The van der Waals surface area contributed by atoms with E-state index in [1.54, 1.807) is 0 Å². The average molecular weight is 431 g/mol. The van der Waals surface area contributed by atoms with Crippen LogP contribution in [0.5, 0.6) is 0 Å². The maximum atomic E-state index is 13.6. The minimum atomic E-state index is -0.263. The lowest BCUT2D eigenvalue weighted by Gasteiger charge is -2.40. The van der Waals surface area contributed by atoms with Crippen LogP contribution in [0.15, 0.2) is 72.8 Å². The van der Waals surface area contributed by atoms with E-state index < -0.39 is 0 Å². The number of aromatic nitrogens is 2. The highest BCUT2D eigenvalue weighted by Crippen LogP contribution is 2.32. The molecule has 0 atom stereocenters. The van der Waals surface area contributed by atoms with Gasteiger partial charge in [0.25, 0.3) is 0 Å². The minimum Gasteiger partial charge on any atom is -0.352 e. The van der Waals surface area contributed by atoms with Crippen molar-refractivity contribution >= 4 is 16.6 Å². The second-order valence-corrected chi connectivity index (χ2v) is 8.18. The number of anilines is 1. The van der Waals surface area contributed by atoms with Gasteiger partial charge in [-0.15, -0.1) is 5.10 Å². The zero-order valence-corrected chi connectivity index (χ0v) is 17.9. The molecule has 4 nitrogen and oxygen atoms in total. The Labute approximate surface area is 186 Å². The molecule has 1 fully saturated rings. The first-order chi connectivity index (χ1) is 15.6. The zero-order valence-electron chi connectivity index (χ0n) is 17.9. The Morgan fingerprint density at radius 1 is 0.688 bits per heavy atom. The van der Waals surface area contributed by atoms with Crippen LogP contribution in [0, 0.1) is 18.6 Å². The lowest BCUT2D eigenvalue weighted by molar-refractivity contribution is 0.212. The van der Waals surface area contributed by atoms with Gasteiger partial charge in [0.15, 0.2) is 5.82 Å². The molecule has 162 valence electrons. The van der Waals surface area contributed by atoms with Crippen molar-refractivity contribution in [2.75, 3.05) is 31.1 Å². The van der Waals surface area contributed by atoms with Crippen molar-refractivity contribution in [3.63, 3.8) is 0 Å². The lowest BCUT2D eigenvalue weighted by atomic mass is 9.96. The van der Waals surface area contributed by atoms with Gasteiger partial charge in [0.2, 0.25) is 0 Å². The third kappa shape index (κ3) is 3.94. The van der Waals surface area contributed by atoms with Crippen molar-refractivity contribution in [2.24, 2.45) is 0 Å². The first-order valence-electron chi connectivity index (χ1n) is 10.8. The molecule has 32 heavy (non-hydrogen) atoms. The van der Waals surface area contributed by atoms with Crippen LogP contribution in [-0.4, -0.2) is 41.3 Å². The van der Waals surface area contributed by atoms with Gasteiger partial charge in [0, 0.05) is 37.0 Å². The standard InChI is InChI=1S/C26H24F2N4/c1-18-23-4-2-3-5-24(23)26(30-29-18)32-16-14-31(15-17-32)25(19-6-10-21(27)11-7-19)20-8-12-22(28)13-9-20/h2-13,25H,14-17H2,1H3. The molecule has 0 bridgehead atoms. The molecule has 1 aliphatic heterocycles. The molecule has 0 spiro atoms. The normalized spacial score (nSPS) is 14.9. The Kier molecular flexibility index (Phi) is 5.53. The lowest BCUT2D eigenvalue weighted by Crippen LogP contribution is -2.48. The molecule has 0 radical (unpaired) electrons. The van der Waals surface area contributed by atoms with E-state index in [-0.39, 0.29) is 17.7 Å². The molecular weight excluding hydrogens is 406 g/mol. The molecule has 1 aliphatic rings. The Balaban J connectivity index is 1.42. The molecule has 0 aliphatic carbocycles. The fourth-order valence-electron chi connectivity index (χ4n) is 4.55. The maximum absolute atomic E-state index is 13.6. The van der Waals surface area contributed by atoms with Gasteiger partial charge in [-0.3, -0.25) is 4.90 Å². The molecule has 0 amide bonds. The largest absolute Gasteiger partial charge is 0.352 e. The molecule has 1 saturated heterocycles. The van der Waals surface area contributed by atoms with E-state index >= 15 is 0 Å².